The van der Waals surface area contributed by atoms with Crippen LogP contribution in [0.25, 0.3) is 22.8 Å². The van der Waals surface area contributed by atoms with Crippen LogP contribution in [-0.4, -0.2) is 36.2 Å². The number of aryl methyl sites for hydroxylation is 2. The molecule has 3 rings (SSSR count). The van der Waals surface area contributed by atoms with Gasteiger partial charge in [0.1, 0.15) is 23.0 Å². The maximum atomic E-state index is 11.0. The van der Waals surface area contributed by atoms with E-state index in [1.165, 1.54) is 0 Å². The van der Waals surface area contributed by atoms with Gasteiger partial charge in [-0.3, -0.25) is 4.18 Å². The highest BCUT2D eigenvalue weighted by Crippen LogP contribution is 2.30. The van der Waals surface area contributed by atoms with Gasteiger partial charge in [-0.25, -0.2) is 9.97 Å². The number of nitrogens with zero attached hydrogens (tertiary/aromatic N) is 2. The van der Waals surface area contributed by atoms with E-state index in [4.69, 9.17) is 20.2 Å². The zero-order valence-corrected chi connectivity index (χ0v) is 18.0. The van der Waals surface area contributed by atoms with Crippen molar-refractivity contribution in [1.82, 2.24) is 15.0 Å². The van der Waals surface area contributed by atoms with E-state index in [2.05, 4.69) is 15.0 Å². The molecule has 0 atom stereocenters. The minimum Gasteiger partial charge on any atom is -0.439 e. The number of halogens is 1. The van der Waals surface area contributed by atoms with Crippen molar-refractivity contribution in [2.24, 2.45) is 0 Å². The Hall–Kier alpha value is -2.16. The Morgan fingerprint density at radius 2 is 1.86 bits per heavy atom. The lowest BCUT2D eigenvalue weighted by molar-refractivity contribution is 0.309. The minimum atomic E-state index is -3.36. The highest BCUT2D eigenvalue weighted by atomic mass is 35.5. The molecule has 0 spiro atoms. The molecule has 2 heterocycles. The normalized spacial score (nSPS) is 11.8. The maximum Gasteiger partial charge on any atom is 0.264 e. The molecular weight excluding hydrogens is 414 g/mol. The number of unbranched alkanes of at least 4 members (excludes halogenated alkanes) is 3. The zero-order valence-electron chi connectivity index (χ0n) is 16.4. The summed E-state index contributed by atoms with van der Waals surface area (Å²) in [4.78, 5) is 12.0. The van der Waals surface area contributed by atoms with Gasteiger partial charge in [0.05, 0.1) is 19.1 Å². The molecule has 2 aromatic heterocycles. The highest BCUT2D eigenvalue weighted by molar-refractivity contribution is 7.85. The first-order chi connectivity index (χ1) is 13.8. The maximum absolute atomic E-state index is 11.0. The van der Waals surface area contributed by atoms with Gasteiger partial charge >= 0.3 is 0 Å². The molecule has 0 aliphatic rings. The topological polar surface area (TPSA) is 98.1 Å². The number of hydrogen-bond donors (Lipinski definition) is 1. The fourth-order valence-electron chi connectivity index (χ4n) is 2.95. The summed E-state index contributed by atoms with van der Waals surface area (Å²) in [5.74, 6) is 2.11. The molecule has 3 aromatic rings. The van der Waals surface area contributed by atoms with Crippen LogP contribution in [0.15, 0.2) is 34.9 Å². The molecule has 0 saturated heterocycles. The van der Waals surface area contributed by atoms with Crippen molar-refractivity contribution in [3.8, 4) is 22.8 Å². The van der Waals surface area contributed by atoms with Gasteiger partial charge in [0, 0.05) is 17.0 Å². The summed E-state index contributed by atoms with van der Waals surface area (Å²) in [5, 5.41) is 0.666. The number of imidazole rings is 1. The molecule has 0 aliphatic carbocycles. The number of benzene rings is 1. The van der Waals surface area contributed by atoms with Crippen molar-refractivity contribution >= 4 is 21.7 Å². The molecule has 7 nitrogen and oxygen atoms in total. The third-order valence-corrected chi connectivity index (χ3v) is 5.19. The van der Waals surface area contributed by atoms with Crippen molar-refractivity contribution in [2.75, 3.05) is 12.9 Å². The molecule has 0 aliphatic heterocycles. The number of hydrogen-bond acceptors (Lipinski definition) is 6. The van der Waals surface area contributed by atoms with Gasteiger partial charge in [0.2, 0.25) is 5.89 Å². The third kappa shape index (κ3) is 6.42. The van der Waals surface area contributed by atoms with E-state index in [0.717, 1.165) is 60.5 Å². The molecular formula is C20H24ClN3O4S. The number of rotatable bonds is 10. The smallest absolute Gasteiger partial charge is 0.264 e. The summed E-state index contributed by atoms with van der Waals surface area (Å²) >= 11 is 6.01. The number of oxazole rings is 1. The summed E-state index contributed by atoms with van der Waals surface area (Å²) in [5.41, 5.74) is 2.48. The first-order valence-corrected chi connectivity index (χ1v) is 11.6. The predicted molar refractivity (Wildman–Crippen MR) is 112 cm³/mol. The van der Waals surface area contributed by atoms with Crippen molar-refractivity contribution in [1.29, 1.82) is 0 Å². The molecule has 0 unspecified atom stereocenters. The molecule has 1 N–H and O–H groups in total. The van der Waals surface area contributed by atoms with Gasteiger partial charge < -0.3 is 9.40 Å². The van der Waals surface area contributed by atoms with Gasteiger partial charge in [0.25, 0.3) is 10.1 Å². The van der Waals surface area contributed by atoms with Gasteiger partial charge in [-0.1, -0.05) is 36.6 Å². The van der Waals surface area contributed by atoms with Crippen molar-refractivity contribution in [2.45, 2.75) is 39.0 Å². The molecule has 1 aromatic carbocycles. The molecule has 9 heteroatoms. The summed E-state index contributed by atoms with van der Waals surface area (Å²) in [6, 6.07) is 7.51. The Balaban J connectivity index is 1.66. The summed E-state index contributed by atoms with van der Waals surface area (Å²) in [6.07, 6.45) is 6.92. The quantitative estimate of drug-likeness (QED) is 0.362. The predicted octanol–water partition coefficient (Wildman–Crippen LogP) is 4.77. The van der Waals surface area contributed by atoms with E-state index in [-0.39, 0.29) is 6.61 Å². The zero-order chi connectivity index (χ0) is 20.9. The van der Waals surface area contributed by atoms with E-state index < -0.39 is 10.1 Å². The lowest BCUT2D eigenvalue weighted by atomic mass is 10.1. The number of nitrogens with one attached hydrogen (secondary N) is 1. The highest BCUT2D eigenvalue weighted by Gasteiger charge is 2.17. The van der Waals surface area contributed by atoms with E-state index in [1.54, 1.807) is 6.20 Å². The number of H-pyrrole nitrogens is 1. The first-order valence-electron chi connectivity index (χ1n) is 9.44. The van der Waals surface area contributed by atoms with Gasteiger partial charge in [-0.15, -0.1) is 0 Å². The largest absolute Gasteiger partial charge is 0.439 e. The fourth-order valence-corrected chi connectivity index (χ4v) is 3.50. The van der Waals surface area contributed by atoms with Crippen molar-refractivity contribution in [3.05, 3.63) is 47.1 Å². The lowest BCUT2D eigenvalue weighted by Gasteiger charge is -2.03. The third-order valence-electron chi connectivity index (χ3n) is 4.34. The van der Waals surface area contributed by atoms with Crippen LogP contribution >= 0.6 is 11.6 Å². The second kappa shape index (κ2) is 9.56. The van der Waals surface area contributed by atoms with Gasteiger partial charge in [-0.2, -0.15) is 8.42 Å². The van der Waals surface area contributed by atoms with Crippen LogP contribution < -0.4 is 0 Å². The second-order valence-electron chi connectivity index (χ2n) is 6.87. The summed E-state index contributed by atoms with van der Waals surface area (Å²) in [6.45, 7) is 2.10. The molecule has 0 bridgehead atoms. The first kappa shape index (κ1) is 21.5. The Labute approximate surface area is 175 Å². The van der Waals surface area contributed by atoms with E-state index in [0.29, 0.717) is 17.3 Å². The fraction of sp³-hybridized carbons (Fsp3) is 0.400. The van der Waals surface area contributed by atoms with Crippen LogP contribution in [0.5, 0.6) is 0 Å². The standard InChI is InChI=1S/C20H24ClN3O4S/c1-14-22-13-17(23-14)20-24-19(15-8-10-16(21)11-9-15)18(28-20)7-5-3-4-6-12-27-29(2,25)26/h8-11,13H,3-7,12H2,1-2H3,(H,22,23). The molecule has 0 amide bonds. The van der Waals surface area contributed by atoms with Crippen LogP contribution in [0.2, 0.25) is 5.02 Å². The van der Waals surface area contributed by atoms with E-state index >= 15 is 0 Å². The molecule has 29 heavy (non-hydrogen) atoms. The monoisotopic (exact) mass is 437 g/mol. The molecule has 0 saturated carbocycles. The summed E-state index contributed by atoms with van der Waals surface area (Å²) < 4.78 is 32.7. The van der Waals surface area contributed by atoms with Crippen LogP contribution in [0, 0.1) is 6.92 Å². The Morgan fingerprint density at radius 3 is 2.52 bits per heavy atom. The number of aromatic nitrogens is 3. The molecule has 0 radical (unpaired) electrons. The number of aromatic amines is 1. The van der Waals surface area contributed by atoms with Crippen molar-refractivity contribution in [3.63, 3.8) is 0 Å². The van der Waals surface area contributed by atoms with Crippen molar-refractivity contribution < 1.29 is 17.0 Å². The minimum absolute atomic E-state index is 0.223. The Kier molecular flexibility index (Phi) is 7.10. The van der Waals surface area contributed by atoms with Crippen LogP contribution in [0.3, 0.4) is 0 Å². The summed E-state index contributed by atoms with van der Waals surface area (Å²) in [7, 11) is -3.36. The van der Waals surface area contributed by atoms with Crippen LogP contribution in [-0.2, 0) is 20.7 Å². The average molecular weight is 438 g/mol. The lowest BCUT2D eigenvalue weighted by Crippen LogP contribution is -2.03. The Bertz CT molecular complexity index is 1040. The Morgan fingerprint density at radius 1 is 1.14 bits per heavy atom. The SMILES string of the molecule is Cc1ncc(-c2nc(-c3ccc(Cl)cc3)c(CCCCCCOS(C)(=O)=O)o2)[nH]1. The average Bonchev–Trinajstić information content (AvgIpc) is 3.27. The van der Waals surface area contributed by atoms with Gasteiger partial charge in [0.15, 0.2) is 0 Å². The second-order valence-corrected chi connectivity index (χ2v) is 8.95. The van der Waals surface area contributed by atoms with Crippen LogP contribution in [0.1, 0.15) is 37.3 Å². The van der Waals surface area contributed by atoms with Crippen LogP contribution in [0.4, 0.5) is 0 Å². The molecule has 156 valence electrons. The van der Waals surface area contributed by atoms with E-state index in [9.17, 15) is 8.42 Å². The molecule has 0 fully saturated rings. The van der Waals surface area contributed by atoms with E-state index in [1.807, 2.05) is 31.2 Å². The van der Waals surface area contributed by atoms with Gasteiger partial charge in [-0.05, 0) is 31.9 Å².